The average Bonchev–Trinajstić information content (AvgIpc) is 3.06. The molecule has 6 heteroatoms. The molecule has 0 aliphatic carbocycles. The second-order valence-electron chi connectivity index (χ2n) is 20.1. The van der Waals surface area contributed by atoms with Gasteiger partial charge in [-0.2, -0.15) is 0 Å². The molecule has 58 heavy (non-hydrogen) atoms. The number of hydrogen-bond donors (Lipinski definition) is 3. The molecular formula is C52H68O6. The van der Waals surface area contributed by atoms with Crippen molar-refractivity contribution in [2.45, 2.75) is 145 Å². The Morgan fingerprint density at radius 2 is 0.879 bits per heavy atom. The summed E-state index contributed by atoms with van der Waals surface area (Å²) in [4.78, 5) is 23.9. The highest BCUT2D eigenvalue weighted by atomic mass is 16.5. The van der Waals surface area contributed by atoms with Crippen LogP contribution in [-0.4, -0.2) is 27.3 Å². The number of aryl methyl sites for hydroxylation is 4. The van der Waals surface area contributed by atoms with Gasteiger partial charge in [0.05, 0.1) is 5.57 Å². The molecule has 0 heterocycles. The van der Waals surface area contributed by atoms with Gasteiger partial charge in [0.15, 0.2) is 0 Å². The molecule has 0 aliphatic rings. The second-order valence-corrected chi connectivity index (χ2v) is 20.1. The molecule has 0 aliphatic heterocycles. The van der Waals surface area contributed by atoms with Crippen molar-refractivity contribution in [3.63, 3.8) is 0 Å². The van der Waals surface area contributed by atoms with E-state index in [9.17, 15) is 24.9 Å². The van der Waals surface area contributed by atoms with Crippen LogP contribution in [0.4, 0.5) is 0 Å². The topological polar surface area (TPSA) is 104 Å². The summed E-state index contributed by atoms with van der Waals surface area (Å²) in [6, 6.07) is 16.2. The Hall–Kier alpha value is -5.10. The molecule has 0 saturated heterocycles. The van der Waals surface area contributed by atoms with Crippen LogP contribution in [0.25, 0.3) is 5.57 Å². The number of carboxylic acid groups (broad SMARTS) is 1. The van der Waals surface area contributed by atoms with E-state index in [1.165, 1.54) is 6.08 Å². The maximum atomic E-state index is 12.1. The molecule has 0 aromatic heterocycles. The Balaban J connectivity index is 0.000000310. The van der Waals surface area contributed by atoms with E-state index in [1.807, 2.05) is 70.2 Å². The molecule has 0 unspecified atom stereocenters. The summed E-state index contributed by atoms with van der Waals surface area (Å²) in [6.07, 6.45) is 2.10. The number of aromatic hydroxyl groups is 2. The first-order chi connectivity index (χ1) is 26.4. The first-order valence-corrected chi connectivity index (χ1v) is 20.1. The Kier molecular flexibility index (Phi) is 14.2. The lowest BCUT2D eigenvalue weighted by Gasteiger charge is -2.27. The Morgan fingerprint density at radius 1 is 0.552 bits per heavy atom. The molecule has 0 saturated carbocycles. The van der Waals surface area contributed by atoms with Crippen LogP contribution in [0.2, 0.25) is 0 Å². The van der Waals surface area contributed by atoms with Gasteiger partial charge in [-0.25, -0.2) is 9.59 Å². The van der Waals surface area contributed by atoms with Crippen molar-refractivity contribution in [2.24, 2.45) is 0 Å². The molecule has 312 valence electrons. The van der Waals surface area contributed by atoms with Crippen LogP contribution in [0.15, 0.2) is 67.8 Å². The van der Waals surface area contributed by atoms with Gasteiger partial charge in [-0.1, -0.05) is 167 Å². The number of carbonyl (C=O) groups excluding carboxylic acids is 1. The number of hydrogen-bond acceptors (Lipinski definition) is 5. The van der Waals surface area contributed by atoms with Crippen LogP contribution in [0, 0.1) is 27.7 Å². The van der Waals surface area contributed by atoms with Crippen LogP contribution < -0.4 is 4.74 Å². The quantitative estimate of drug-likeness (QED) is 0.0933. The van der Waals surface area contributed by atoms with Gasteiger partial charge in [-0.15, -0.1) is 0 Å². The number of phenolic OH excluding ortho intramolecular Hbond substituents is 2. The summed E-state index contributed by atoms with van der Waals surface area (Å²) in [7, 11) is 0. The van der Waals surface area contributed by atoms with E-state index in [1.54, 1.807) is 0 Å². The van der Waals surface area contributed by atoms with Crippen molar-refractivity contribution in [2.75, 3.05) is 0 Å². The fourth-order valence-corrected chi connectivity index (χ4v) is 7.39. The van der Waals surface area contributed by atoms with E-state index in [0.717, 1.165) is 66.8 Å². The van der Waals surface area contributed by atoms with E-state index in [0.29, 0.717) is 29.9 Å². The van der Waals surface area contributed by atoms with Crippen LogP contribution in [0.3, 0.4) is 0 Å². The monoisotopic (exact) mass is 789 g/mol. The zero-order valence-corrected chi connectivity index (χ0v) is 38.1. The fraction of sp³-hybridized carbons (Fsp3) is 0.423. The van der Waals surface area contributed by atoms with E-state index in [-0.39, 0.29) is 33.0 Å². The lowest BCUT2D eigenvalue weighted by Crippen LogP contribution is -2.18. The van der Waals surface area contributed by atoms with Gasteiger partial charge < -0.3 is 20.1 Å². The van der Waals surface area contributed by atoms with Gasteiger partial charge in [0.1, 0.15) is 17.2 Å². The second kappa shape index (κ2) is 17.4. The van der Waals surface area contributed by atoms with Gasteiger partial charge in [0.25, 0.3) is 0 Å². The summed E-state index contributed by atoms with van der Waals surface area (Å²) in [5, 5.41) is 31.7. The number of benzene rings is 4. The van der Waals surface area contributed by atoms with Crippen LogP contribution in [0.5, 0.6) is 17.2 Å². The lowest BCUT2D eigenvalue weighted by atomic mass is 9.77. The largest absolute Gasteiger partial charge is 0.507 e. The number of carboxylic acids is 1. The number of esters is 1. The minimum absolute atomic E-state index is 0.0908. The molecule has 0 amide bonds. The van der Waals surface area contributed by atoms with E-state index in [2.05, 4.69) is 102 Å². The Labute approximate surface area is 348 Å². The first kappa shape index (κ1) is 47.3. The number of aliphatic carboxylic acids is 1. The third-order valence-electron chi connectivity index (χ3n) is 10.3. The molecule has 0 radical (unpaired) electrons. The summed E-state index contributed by atoms with van der Waals surface area (Å²) < 4.78 is 5.71. The molecule has 0 atom stereocenters. The Morgan fingerprint density at radius 3 is 1.24 bits per heavy atom. The predicted octanol–water partition coefficient (Wildman–Crippen LogP) is 12.6. The summed E-state index contributed by atoms with van der Waals surface area (Å²) >= 11 is 0. The predicted molar refractivity (Wildman–Crippen MR) is 241 cm³/mol. The third kappa shape index (κ3) is 11.5. The van der Waals surface area contributed by atoms with E-state index < -0.39 is 11.9 Å². The molecular weight excluding hydrogens is 721 g/mol. The molecule has 4 rings (SSSR count). The molecule has 0 bridgehead atoms. The maximum Gasteiger partial charge on any atom is 0.335 e. The molecule has 0 fully saturated rings. The third-order valence-corrected chi connectivity index (χ3v) is 10.3. The minimum Gasteiger partial charge on any atom is -0.507 e. The van der Waals surface area contributed by atoms with Crippen LogP contribution in [-0.2, 0) is 44.1 Å². The Bertz CT molecular complexity index is 2220. The van der Waals surface area contributed by atoms with Crippen molar-refractivity contribution in [3.8, 4) is 17.2 Å². The van der Waals surface area contributed by atoms with E-state index >= 15 is 0 Å². The molecule has 0 spiro atoms. The van der Waals surface area contributed by atoms with Crippen molar-refractivity contribution in [1.29, 1.82) is 0 Å². The van der Waals surface area contributed by atoms with Crippen molar-refractivity contribution >= 4 is 17.5 Å². The minimum atomic E-state index is -1.02. The zero-order chi connectivity index (χ0) is 44.5. The SMILES string of the molecule is C=C(C(=O)O)c1c(Cc2cc(C)cc(C(C)(C)C)c2O)cc(C)cc1C(C)(C)C.C=CC(=O)Oc1c(Cc2cc(C)cc(C(C)(C)C)c2O)cc(C)cc1C(C)(C)C. The number of rotatable bonds is 8. The number of ether oxygens (including phenoxy) is 1. The standard InChI is InChI=1S/2C26H34O3/c1-15-10-18(22(17(3)24(28)29)20(12-15)25(4,5)6)14-19-11-16(2)13-21(23(19)27)26(7,8)9;1-10-22(27)29-24-19(12-17(3)14-21(24)26(7,8)9)15-18-11-16(2)13-20(23(18)28)25(4,5)6/h10-13,27H,3,14H2,1-2,4-9H3,(H,28,29);10-14,28H,1,15H2,2-9H3. The van der Waals surface area contributed by atoms with Gasteiger partial charge in [-0.3, -0.25) is 0 Å². The molecule has 4 aromatic carbocycles. The molecule has 4 aromatic rings. The average molecular weight is 789 g/mol. The highest BCUT2D eigenvalue weighted by molar-refractivity contribution is 6.15. The molecule has 3 N–H and O–H groups in total. The highest BCUT2D eigenvalue weighted by Crippen LogP contribution is 2.41. The first-order valence-electron chi connectivity index (χ1n) is 20.1. The number of phenols is 2. The van der Waals surface area contributed by atoms with Crippen LogP contribution >= 0.6 is 0 Å². The maximum absolute atomic E-state index is 12.1. The fourth-order valence-electron chi connectivity index (χ4n) is 7.39. The summed E-state index contributed by atoms with van der Waals surface area (Å²) in [5.74, 6) is -0.350. The van der Waals surface area contributed by atoms with Gasteiger partial charge >= 0.3 is 11.9 Å². The van der Waals surface area contributed by atoms with E-state index in [4.69, 9.17) is 4.74 Å². The van der Waals surface area contributed by atoms with Crippen molar-refractivity contribution in [1.82, 2.24) is 0 Å². The summed E-state index contributed by atoms with van der Waals surface area (Å²) in [5.41, 5.74) is 11.4. The van der Waals surface area contributed by atoms with Crippen LogP contribution in [0.1, 0.15) is 155 Å². The van der Waals surface area contributed by atoms with Crippen molar-refractivity contribution in [3.05, 3.63) is 140 Å². The van der Waals surface area contributed by atoms with Gasteiger partial charge in [0.2, 0.25) is 0 Å². The zero-order valence-electron chi connectivity index (χ0n) is 38.1. The lowest BCUT2D eigenvalue weighted by molar-refractivity contribution is -0.130. The smallest absolute Gasteiger partial charge is 0.335 e. The highest BCUT2D eigenvalue weighted by Gasteiger charge is 2.28. The van der Waals surface area contributed by atoms with Gasteiger partial charge in [-0.05, 0) is 93.9 Å². The normalized spacial score (nSPS) is 12.1. The van der Waals surface area contributed by atoms with Gasteiger partial charge in [0, 0.05) is 24.5 Å². The number of carbonyl (C=O) groups is 2. The van der Waals surface area contributed by atoms with Crippen molar-refractivity contribution < 1.29 is 29.6 Å². The summed E-state index contributed by atoms with van der Waals surface area (Å²) in [6.45, 7) is 40.5. The molecule has 6 nitrogen and oxygen atoms in total.